The van der Waals surface area contributed by atoms with Crippen LogP contribution in [0.4, 0.5) is 0 Å². The number of halogens is 2. The molecule has 1 atom stereocenters. The van der Waals surface area contributed by atoms with Crippen molar-refractivity contribution in [2.75, 3.05) is 13.1 Å². The van der Waals surface area contributed by atoms with Gasteiger partial charge in [0.2, 0.25) is 0 Å². The maximum atomic E-state index is 13.8. The van der Waals surface area contributed by atoms with E-state index in [9.17, 15) is 9.59 Å². The number of benzene rings is 3. The second kappa shape index (κ2) is 12.5. The Morgan fingerprint density at radius 2 is 1.81 bits per heavy atom. The molecule has 6 nitrogen and oxygen atoms in total. The minimum absolute atomic E-state index is 0.108. The number of nitrogens with zero attached hydrogens (tertiary/aromatic N) is 3. The van der Waals surface area contributed by atoms with Gasteiger partial charge in [0.05, 0.1) is 23.5 Å². The van der Waals surface area contributed by atoms with Gasteiger partial charge in [-0.05, 0) is 73.8 Å². The van der Waals surface area contributed by atoms with Gasteiger partial charge in [0.1, 0.15) is 5.82 Å². The zero-order chi connectivity index (χ0) is 26.4. The van der Waals surface area contributed by atoms with Crippen molar-refractivity contribution in [3.8, 4) is 0 Å². The van der Waals surface area contributed by atoms with Crippen molar-refractivity contribution in [3.63, 3.8) is 0 Å². The zero-order valence-electron chi connectivity index (χ0n) is 20.7. The molecule has 192 valence electrons. The molecule has 3 aromatic carbocycles. The van der Waals surface area contributed by atoms with E-state index in [1.807, 2.05) is 54.3 Å². The van der Waals surface area contributed by atoms with Crippen LogP contribution in [0.2, 0.25) is 5.02 Å². The lowest BCUT2D eigenvalue weighted by molar-refractivity contribution is 0.0653. The number of aromatic nitrogens is 2. The van der Waals surface area contributed by atoms with Crippen molar-refractivity contribution in [2.24, 2.45) is 5.73 Å². The normalized spacial score (nSPS) is 12.0. The van der Waals surface area contributed by atoms with E-state index in [0.29, 0.717) is 53.4 Å². The number of amides is 1. The molecule has 8 heteroatoms. The summed E-state index contributed by atoms with van der Waals surface area (Å²) < 4.78 is 2.60. The zero-order valence-corrected chi connectivity index (χ0v) is 23.1. The molecule has 37 heavy (non-hydrogen) atoms. The number of hydrogen-bond donors (Lipinski definition) is 1. The molecule has 0 aliphatic carbocycles. The Morgan fingerprint density at radius 3 is 2.49 bits per heavy atom. The summed E-state index contributed by atoms with van der Waals surface area (Å²) in [4.78, 5) is 34.4. The van der Waals surface area contributed by atoms with Gasteiger partial charge < -0.3 is 10.6 Å². The van der Waals surface area contributed by atoms with Gasteiger partial charge in [-0.3, -0.25) is 14.2 Å². The van der Waals surface area contributed by atoms with Gasteiger partial charge >= 0.3 is 0 Å². The van der Waals surface area contributed by atoms with Crippen LogP contribution >= 0.6 is 27.5 Å². The minimum Gasteiger partial charge on any atom is -0.330 e. The number of fused-ring (bicyclic) bond motifs is 1. The molecular formula is C29H30BrClN4O2. The third kappa shape index (κ3) is 6.29. The molecule has 0 aliphatic rings. The van der Waals surface area contributed by atoms with Crippen LogP contribution < -0.4 is 11.3 Å². The first-order valence-electron chi connectivity index (χ1n) is 12.4. The Labute approximate surface area is 230 Å². The average molecular weight is 582 g/mol. The van der Waals surface area contributed by atoms with E-state index in [4.69, 9.17) is 22.3 Å². The summed E-state index contributed by atoms with van der Waals surface area (Å²) in [5, 5.41) is 0.998. The van der Waals surface area contributed by atoms with E-state index in [1.165, 1.54) is 0 Å². The maximum absolute atomic E-state index is 13.8. The van der Waals surface area contributed by atoms with Gasteiger partial charge in [-0.1, -0.05) is 64.8 Å². The fourth-order valence-electron chi connectivity index (χ4n) is 4.51. The van der Waals surface area contributed by atoms with Crippen molar-refractivity contribution in [1.82, 2.24) is 14.5 Å². The van der Waals surface area contributed by atoms with E-state index < -0.39 is 6.04 Å². The van der Waals surface area contributed by atoms with Crippen molar-refractivity contribution in [2.45, 2.75) is 38.8 Å². The molecule has 0 spiro atoms. The third-order valence-corrected chi connectivity index (χ3v) is 7.16. The lowest BCUT2D eigenvalue weighted by Gasteiger charge is -2.32. The van der Waals surface area contributed by atoms with Gasteiger partial charge in [0.15, 0.2) is 0 Å². The van der Waals surface area contributed by atoms with E-state index in [2.05, 4.69) is 15.9 Å². The maximum Gasteiger partial charge on any atom is 0.261 e. The highest BCUT2D eigenvalue weighted by Gasteiger charge is 2.29. The molecule has 4 rings (SSSR count). The molecule has 0 bridgehead atoms. The number of hydrogen-bond acceptors (Lipinski definition) is 4. The number of carbonyl (C=O) groups is 1. The third-order valence-electron chi connectivity index (χ3n) is 6.40. The van der Waals surface area contributed by atoms with Crippen LogP contribution in [0.3, 0.4) is 0 Å². The first kappa shape index (κ1) is 27.0. The molecule has 1 aromatic heterocycles. The molecular weight excluding hydrogens is 552 g/mol. The summed E-state index contributed by atoms with van der Waals surface area (Å²) in [6, 6.07) is 21.8. The Hall–Kier alpha value is -3.00. The average Bonchev–Trinajstić information content (AvgIpc) is 2.90. The van der Waals surface area contributed by atoms with Crippen LogP contribution in [0, 0.1) is 0 Å². The van der Waals surface area contributed by atoms with Crippen LogP contribution in [0.25, 0.3) is 10.9 Å². The topological polar surface area (TPSA) is 81.2 Å². The van der Waals surface area contributed by atoms with Crippen molar-refractivity contribution in [1.29, 1.82) is 0 Å². The van der Waals surface area contributed by atoms with Crippen molar-refractivity contribution in [3.05, 3.63) is 110 Å². The second-order valence-corrected chi connectivity index (χ2v) is 10.3. The first-order valence-corrected chi connectivity index (χ1v) is 13.6. The monoisotopic (exact) mass is 580 g/mol. The minimum atomic E-state index is -0.422. The summed E-state index contributed by atoms with van der Waals surface area (Å²) in [6.07, 6.45) is 2.12. The van der Waals surface area contributed by atoms with Gasteiger partial charge in [-0.15, -0.1) is 0 Å². The summed E-state index contributed by atoms with van der Waals surface area (Å²) in [5.41, 5.74) is 7.69. The van der Waals surface area contributed by atoms with Gasteiger partial charge in [0.25, 0.3) is 11.5 Å². The Bertz CT molecular complexity index is 1420. The van der Waals surface area contributed by atoms with Crippen molar-refractivity contribution < 1.29 is 4.79 Å². The SMILES string of the molecule is CCC(c1nc2cc(Cl)ccc2c(=O)n1Cc1ccccc1)N(CCCCN)C(=O)c1ccc(Br)cc1. The van der Waals surface area contributed by atoms with Crippen LogP contribution in [-0.2, 0) is 6.54 Å². The molecule has 0 saturated carbocycles. The van der Waals surface area contributed by atoms with E-state index in [1.54, 1.807) is 34.9 Å². The largest absolute Gasteiger partial charge is 0.330 e. The number of nitrogens with two attached hydrogens (primary N) is 1. The van der Waals surface area contributed by atoms with E-state index in [0.717, 1.165) is 22.9 Å². The lowest BCUT2D eigenvalue weighted by atomic mass is 10.1. The highest BCUT2D eigenvalue weighted by atomic mass is 79.9. The molecule has 2 N–H and O–H groups in total. The summed E-state index contributed by atoms with van der Waals surface area (Å²) in [5.74, 6) is 0.437. The number of carbonyl (C=O) groups excluding carboxylic acids is 1. The lowest BCUT2D eigenvalue weighted by Crippen LogP contribution is -2.39. The molecule has 1 heterocycles. The van der Waals surface area contributed by atoms with Gasteiger partial charge in [0, 0.05) is 21.6 Å². The first-order chi connectivity index (χ1) is 17.9. The number of unbranched alkanes of at least 4 members (excludes halogenated alkanes) is 1. The Morgan fingerprint density at radius 1 is 1.08 bits per heavy atom. The smallest absolute Gasteiger partial charge is 0.261 e. The molecule has 0 radical (unpaired) electrons. The van der Waals surface area contributed by atoms with Crippen LogP contribution in [-0.4, -0.2) is 33.4 Å². The quantitative estimate of drug-likeness (QED) is 0.226. The molecule has 4 aromatic rings. The molecule has 1 amide bonds. The Balaban J connectivity index is 1.87. The molecule has 0 aliphatic heterocycles. The number of rotatable bonds is 10. The summed E-state index contributed by atoms with van der Waals surface area (Å²) >= 11 is 9.71. The second-order valence-electron chi connectivity index (χ2n) is 8.93. The van der Waals surface area contributed by atoms with E-state index >= 15 is 0 Å². The predicted octanol–water partition coefficient (Wildman–Crippen LogP) is 6.19. The highest BCUT2D eigenvalue weighted by Crippen LogP contribution is 2.28. The summed E-state index contributed by atoms with van der Waals surface area (Å²) in [6.45, 7) is 3.40. The van der Waals surface area contributed by atoms with Crippen LogP contribution in [0.15, 0.2) is 82.1 Å². The fourth-order valence-corrected chi connectivity index (χ4v) is 4.94. The summed E-state index contributed by atoms with van der Waals surface area (Å²) in [7, 11) is 0. The van der Waals surface area contributed by atoms with Gasteiger partial charge in [-0.25, -0.2) is 4.98 Å². The highest BCUT2D eigenvalue weighted by molar-refractivity contribution is 9.10. The Kier molecular flexibility index (Phi) is 9.14. The standard InChI is InChI=1S/C29H30BrClN4O2/c1-2-26(34(17-7-6-16-32)28(36)21-10-12-22(30)13-11-21)27-33-25-18-23(31)14-15-24(25)29(37)35(27)19-20-8-4-3-5-9-20/h3-5,8-15,18,26H,2,6-7,16-17,19,32H2,1H3. The van der Waals surface area contributed by atoms with E-state index in [-0.39, 0.29) is 11.5 Å². The van der Waals surface area contributed by atoms with Crippen LogP contribution in [0.1, 0.15) is 54.0 Å². The molecule has 1 unspecified atom stereocenters. The molecule has 0 saturated heterocycles. The predicted molar refractivity (Wildman–Crippen MR) is 153 cm³/mol. The fraction of sp³-hybridized carbons (Fsp3) is 0.276. The van der Waals surface area contributed by atoms with Crippen molar-refractivity contribution >= 4 is 44.3 Å². The molecule has 0 fully saturated rings. The van der Waals surface area contributed by atoms with Crippen LogP contribution in [0.5, 0.6) is 0 Å². The van der Waals surface area contributed by atoms with Gasteiger partial charge in [-0.2, -0.15) is 0 Å².